The van der Waals surface area contributed by atoms with Crippen molar-refractivity contribution >= 4 is 0 Å². The first-order valence-electron chi connectivity index (χ1n) is 8.16. The molecule has 0 radical (unpaired) electrons. The smallest absolute Gasteiger partial charge is 0.270 e. The van der Waals surface area contributed by atoms with Crippen LogP contribution in [0.1, 0.15) is 38.8 Å². The molecule has 25 heavy (non-hydrogen) atoms. The summed E-state index contributed by atoms with van der Waals surface area (Å²) in [5, 5.41) is 0. The number of nitrogens with two attached hydrogens (primary N) is 1. The van der Waals surface area contributed by atoms with Crippen LogP contribution in [0.15, 0.2) is 54.0 Å². The SMILES string of the molecule is C=C(C)/C(Cc1ccc(C(C)(F)F)cc1OCC)=C(/N)N(C)C(=C)C. The van der Waals surface area contributed by atoms with E-state index in [0.29, 0.717) is 24.6 Å². The summed E-state index contributed by atoms with van der Waals surface area (Å²) in [6.45, 7) is 14.7. The van der Waals surface area contributed by atoms with E-state index < -0.39 is 5.92 Å². The maximum Gasteiger partial charge on any atom is 0.270 e. The van der Waals surface area contributed by atoms with Gasteiger partial charge < -0.3 is 15.4 Å². The highest BCUT2D eigenvalue weighted by Gasteiger charge is 2.25. The fourth-order valence-corrected chi connectivity index (χ4v) is 2.32. The topological polar surface area (TPSA) is 38.5 Å². The van der Waals surface area contributed by atoms with Gasteiger partial charge in [-0.25, -0.2) is 8.78 Å². The van der Waals surface area contributed by atoms with Crippen LogP contribution in [-0.2, 0) is 12.3 Å². The zero-order valence-corrected chi connectivity index (χ0v) is 15.7. The highest BCUT2D eigenvalue weighted by molar-refractivity contribution is 5.45. The predicted molar refractivity (Wildman–Crippen MR) is 99.5 cm³/mol. The van der Waals surface area contributed by atoms with E-state index in [1.165, 1.54) is 12.1 Å². The maximum absolute atomic E-state index is 13.6. The molecule has 0 bridgehead atoms. The summed E-state index contributed by atoms with van der Waals surface area (Å²) >= 11 is 0. The van der Waals surface area contributed by atoms with Crippen molar-refractivity contribution < 1.29 is 13.5 Å². The lowest BCUT2D eigenvalue weighted by Crippen LogP contribution is -2.24. The minimum atomic E-state index is -2.92. The second-order valence-electron chi connectivity index (χ2n) is 6.26. The summed E-state index contributed by atoms with van der Waals surface area (Å²) in [5.74, 6) is -1.95. The molecule has 1 rings (SSSR count). The first kappa shape index (κ1) is 20.7. The first-order valence-corrected chi connectivity index (χ1v) is 8.16. The van der Waals surface area contributed by atoms with Gasteiger partial charge in [0.05, 0.1) is 6.61 Å². The Morgan fingerprint density at radius 2 is 1.88 bits per heavy atom. The van der Waals surface area contributed by atoms with E-state index in [1.54, 1.807) is 11.0 Å². The van der Waals surface area contributed by atoms with Crippen molar-refractivity contribution in [2.75, 3.05) is 13.7 Å². The number of benzene rings is 1. The third kappa shape index (κ3) is 5.34. The summed E-state index contributed by atoms with van der Waals surface area (Å²) in [4.78, 5) is 1.78. The van der Waals surface area contributed by atoms with Crippen molar-refractivity contribution in [3.63, 3.8) is 0 Å². The van der Waals surface area contributed by atoms with Crippen LogP contribution >= 0.6 is 0 Å². The second-order valence-corrected chi connectivity index (χ2v) is 6.26. The third-order valence-corrected chi connectivity index (χ3v) is 4.00. The molecule has 0 aliphatic heterocycles. The standard InChI is InChI=1S/C20H28F2N2O/c1-8-25-18-12-16(20(6,21)22)10-9-15(18)11-17(13(2)3)19(23)24(7)14(4)5/h9-10,12H,2,4,8,11,23H2,1,3,5-7H3/b19-17-. The van der Waals surface area contributed by atoms with E-state index in [9.17, 15) is 8.78 Å². The van der Waals surface area contributed by atoms with Crippen molar-refractivity contribution in [3.05, 3.63) is 65.1 Å². The monoisotopic (exact) mass is 350 g/mol. The first-order chi connectivity index (χ1) is 11.5. The molecule has 1 aromatic carbocycles. The van der Waals surface area contributed by atoms with E-state index in [-0.39, 0.29) is 5.56 Å². The van der Waals surface area contributed by atoms with Gasteiger partial charge in [0, 0.05) is 31.7 Å². The Morgan fingerprint density at radius 1 is 1.28 bits per heavy atom. The van der Waals surface area contributed by atoms with Gasteiger partial charge in [-0.15, -0.1) is 0 Å². The summed E-state index contributed by atoms with van der Waals surface area (Å²) < 4.78 is 32.8. The molecule has 5 heteroatoms. The molecule has 0 aromatic heterocycles. The van der Waals surface area contributed by atoms with Crippen molar-refractivity contribution in [3.8, 4) is 5.75 Å². The Morgan fingerprint density at radius 3 is 2.32 bits per heavy atom. The predicted octanol–water partition coefficient (Wildman–Crippen LogP) is 4.95. The van der Waals surface area contributed by atoms with Gasteiger partial charge in [-0.3, -0.25) is 0 Å². The average molecular weight is 350 g/mol. The van der Waals surface area contributed by atoms with Gasteiger partial charge in [-0.1, -0.05) is 30.9 Å². The molecule has 0 spiro atoms. The van der Waals surface area contributed by atoms with Crippen LogP contribution in [0.25, 0.3) is 0 Å². The van der Waals surface area contributed by atoms with Gasteiger partial charge in [0.25, 0.3) is 5.92 Å². The molecular formula is C20H28F2N2O. The lowest BCUT2D eigenvalue weighted by Gasteiger charge is -2.24. The zero-order valence-electron chi connectivity index (χ0n) is 15.7. The lowest BCUT2D eigenvalue weighted by atomic mass is 9.97. The van der Waals surface area contributed by atoms with Crippen LogP contribution in [0.2, 0.25) is 0 Å². The van der Waals surface area contributed by atoms with Crippen molar-refractivity contribution in [2.45, 2.75) is 40.0 Å². The normalized spacial score (nSPS) is 12.4. The summed E-state index contributed by atoms with van der Waals surface area (Å²) in [7, 11) is 1.82. The van der Waals surface area contributed by atoms with Gasteiger partial charge in [0.15, 0.2) is 0 Å². The molecule has 0 amide bonds. The third-order valence-electron chi connectivity index (χ3n) is 4.00. The largest absolute Gasteiger partial charge is 0.494 e. The molecule has 138 valence electrons. The minimum absolute atomic E-state index is 0.0763. The van der Waals surface area contributed by atoms with Gasteiger partial charge in [-0.05, 0) is 38.0 Å². The molecular weight excluding hydrogens is 322 g/mol. The average Bonchev–Trinajstić information content (AvgIpc) is 2.51. The van der Waals surface area contributed by atoms with E-state index in [0.717, 1.165) is 29.3 Å². The fraction of sp³-hybridized carbons (Fsp3) is 0.400. The Labute approximate surface area is 149 Å². The molecule has 0 unspecified atom stereocenters. The van der Waals surface area contributed by atoms with E-state index in [1.807, 2.05) is 27.8 Å². The van der Waals surface area contributed by atoms with E-state index >= 15 is 0 Å². The number of halogens is 2. The Balaban J connectivity index is 3.36. The zero-order chi connectivity index (χ0) is 19.4. The molecule has 0 aliphatic rings. The second kappa shape index (κ2) is 8.19. The summed E-state index contributed by atoms with van der Waals surface area (Å²) in [6, 6.07) is 4.48. The Kier molecular flexibility index (Phi) is 6.79. The Hall–Kier alpha value is -2.30. The fourth-order valence-electron chi connectivity index (χ4n) is 2.32. The van der Waals surface area contributed by atoms with Crippen LogP contribution < -0.4 is 10.5 Å². The number of allylic oxidation sites excluding steroid dienone is 3. The van der Waals surface area contributed by atoms with Crippen LogP contribution in [0.3, 0.4) is 0 Å². The highest BCUT2D eigenvalue weighted by Crippen LogP contribution is 2.33. The highest BCUT2D eigenvalue weighted by atomic mass is 19.3. The van der Waals surface area contributed by atoms with Crippen LogP contribution in [0.5, 0.6) is 5.75 Å². The molecule has 0 heterocycles. The number of alkyl halides is 2. The Bertz CT molecular complexity index is 687. The minimum Gasteiger partial charge on any atom is -0.494 e. The van der Waals surface area contributed by atoms with Crippen LogP contribution in [0, 0.1) is 0 Å². The molecule has 0 saturated carbocycles. The lowest BCUT2D eigenvalue weighted by molar-refractivity contribution is 0.0172. The number of nitrogens with zero attached hydrogens (tertiary/aromatic N) is 1. The molecule has 0 fully saturated rings. The van der Waals surface area contributed by atoms with E-state index in [4.69, 9.17) is 10.5 Å². The number of ether oxygens (including phenoxy) is 1. The van der Waals surface area contributed by atoms with Crippen molar-refractivity contribution in [1.29, 1.82) is 0 Å². The molecule has 0 aliphatic carbocycles. The molecule has 2 N–H and O–H groups in total. The number of hydrogen-bond acceptors (Lipinski definition) is 3. The van der Waals surface area contributed by atoms with E-state index in [2.05, 4.69) is 13.2 Å². The maximum atomic E-state index is 13.6. The summed E-state index contributed by atoms with van der Waals surface area (Å²) in [6.07, 6.45) is 0.434. The molecule has 0 atom stereocenters. The van der Waals surface area contributed by atoms with Crippen molar-refractivity contribution in [1.82, 2.24) is 4.90 Å². The number of hydrogen-bond donors (Lipinski definition) is 1. The van der Waals surface area contributed by atoms with Gasteiger partial charge >= 0.3 is 0 Å². The molecule has 1 aromatic rings. The molecule has 3 nitrogen and oxygen atoms in total. The van der Waals surface area contributed by atoms with Gasteiger partial charge in [-0.2, -0.15) is 0 Å². The van der Waals surface area contributed by atoms with Gasteiger partial charge in [0.1, 0.15) is 11.6 Å². The molecule has 0 saturated heterocycles. The van der Waals surface area contributed by atoms with Crippen LogP contribution in [0.4, 0.5) is 8.78 Å². The summed E-state index contributed by atoms with van der Waals surface area (Å²) in [5.41, 5.74) is 9.38. The van der Waals surface area contributed by atoms with Crippen LogP contribution in [-0.4, -0.2) is 18.6 Å². The van der Waals surface area contributed by atoms with Gasteiger partial charge in [0.2, 0.25) is 0 Å². The number of rotatable bonds is 8. The van der Waals surface area contributed by atoms with Crippen molar-refractivity contribution in [2.24, 2.45) is 5.73 Å². The quantitative estimate of drug-likeness (QED) is 0.674.